The summed E-state index contributed by atoms with van der Waals surface area (Å²) in [5.74, 6) is 0.140. The first kappa shape index (κ1) is 14.1. The Kier molecular flexibility index (Phi) is 4.59. The van der Waals surface area contributed by atoms with Crippen molar-refractivity contribution in [3.8, 4) is 0 Å². The molecule has 0 saturated heterocycles. The molecule has 1 aromatic rings. The van der Waals surface area contributed by atoms with E-state index in [2.05, 4.69) is 29.6 Å². The first-order valence-corrected chi connectivity index (χ1v) is 7.14. The van der Waals surface area contributed by atoms with E-state index in [9.17, 15) is 4.79 Å². The van der Waals surface area contributed by atoms with Gasteiger partial charge in [0, 0.05) is 20.1 Å². The molecule has 104 valence electrons. The van der Waals surface area contributed by atoms with E-state index >= 15 is 0 Å². The van der Waals surface area contributed by atoms with E-state index in [0.29, 0.717) is 6.04 Å². The number of aryl methyl sites for hydroxylation is 1. The second-order valence-corrected chi connectivity index (χ2v) is 5.62. The number of benzene rings is 1. The third kappa shape index (κ3) is 3.35. The standard InChI is InChI=1S/C16H24N2O/c1-12(16(19)18(2)3)17-15-11-7-5-9-13-8-4-6-10-14(13)15/h4,6,8,10,12,15,17H,5,7,9,11H2,1-3H3. The Labute approximate surface area is 116 Å². The van der Waals surface area contributed by atoms with Gasteiger partial charge in [0.05, 0.1) is 6.04 Å². The van der Waals surface area contributed by atoms with Crippen LogP contribution in [-0.2, 0) is 11.2 Å². The lowest BCUT2D eigenvalue weighted by Crippen LogP contribution is -2.43. The van der Waals surface area contributed by atoms with E-state index in [4.69, 9.17) is 0 Å². The Morgan fingerprint density at radius 1 is 1.32 bits per heavy atom. The molecule has 1 aromatic carbocycles. The minimum Gasteiger partial charge on any atom is -0.347 e. The first-order chi connectivity index (χ1) is 9.09. The van der Waals surface area contributed by atoms with Gasteiger partial charge in [0.1, 0.15) is 0 Å². The van der Waals surface area contributed by atoms with E-state index < -0.39 is 0 Å². The highest BCUT2D eigenvalue weighted by molar-refractivity contribution is 5.80. The van der Waals surface area contributed by atoms with Crippen molar-refractivity contribution < 1.29 is 4.79 Å². The third-order valence-corrected chi connectivity index (χ3v) is 3.88. The van der Waals surface area contributed by atoms with Gasteiger partial charge in [-0.2, -0.15) is 0 Å². The molecule has 1 aliphatic rings. The molecule has 2 rings (SSSR count). The smallest absolute Gasteiger partial charge is 0.238 e. The molecular formula is C16H24N2O. The molecule has 1 N–H and O–H groups in total. The number of amides is 1. The molecule has 0 spiro atoms. The predicted octanol–water partition coefficient (Wildman–Crippen LogP) is 2.52. The molecule has 1 aliphatic carbocycles. The summed E-state index contributed by atoms with van der Waals surface area (Å²) in [6, 6.07) is 8.79. The van der Waals surface area contributed by atoms with Gasteiger partial charge < -0.3 is 4.90 Å². The third-order valence-electron chi connectivity index (χ3n) is 3.88. The SMILES string of the molecule is CC(NC1CCCCc2ccccc21)C(=O)N(C)C. The number of hydrogen-bond donors (Lipinski definition) is 1. The number of nitrogens with zero attached hydrogens (tertiary/aromatic N) is 1. The zero-order valence-corrected chi connectivity index (χ0v) is 12.1. The fourth-order valence-electron chi connectivity index (χ4n) is 2.85. The average molecular weight is 260 g/mol. The summed E-state index contributed by atoms with van der Waals surface area (Å²) >= 11 is 0. The van der Waals surface area contributed by atoms with Gasteiger partial charge in [-0.1, -0.05) is 30.7 Å². The van der Waals surface area contributed by atoms with Crippen molar-refractivity contribution >= 4 is 5.91 Å². The molecule has 0 heterocycles. The second kappa shape index (κ2) is 6.20. The van der Waals surface area contributed by atoms with Crippen LogP contribution in [0.5, 0.6) is 0 Å². The van der Waals surface area contributed by atoms with Gasteiger partial charge in [0.2, 0.25) is 5.91 Å². The van der Waals surface area contributed by atoms with E-state index in [1.54, 1.807) is 4.90 Å². The zero-order valence-electron chi connectivity index (χ0n) is 12.1. The van der Waals surface area contributed by atoms with Crippen LogP contribution in [0.25, 0.3) is 0 Å². The van der Waals surface area contributed by atoms with Crippen LogP contribution in [0.3, 0.4) is 0 Å². The van der Waals surface area contributed by atoms with Crippen LogP contribution in [0, 0.1) is 0 Å². The Bertz CT molecular complexity index is 442. The number of carbonyl (C=O) groups excluding carboxylic acids is 1. The van der Waals surface area contributed by atoms with Crippen LogP contribution in [0.1, 0.15) is 43.4 Å². The summed E-state index contributed by atoms with van der Waals surface area (Å²) in [6.45, 7) is 1.95. The number of carbonyl (C=O) groups is 1. The van der Waals surface area contributed by atoms with E-state index in [0.717, 1.165) is 12.8 Å². The molecule has 3 heteroatoms. The number of likely N-dealkylation sites (N-methyl/N-ethyl adjacent to an activating group) is 1. The van der Waals surface area contributed by atoms with E-state index in [1.165, 1.54) is 24.0 Å². The van der Waals surface area contributed by atoms with Crippen LogP contribution in [0.2, 0.25) is 0 Å². The van der Waals surface area contributed by atoms with Gasteiger partial charge in [-0.15, -0.1) is 0 Å². The summed E-state index contributed by atoms with van der Waals surface area (Å²) in [6.07, 6.45) is 4.73. The molecule has 19 heavy (non-hydrogen) atoms. The number of hydrogen-bond acceptors (Lipinski definition) is 2. The summed E-state index contributed by atoms with van der Waals surface area (Å²) in [4.78, 5) is 13.6. The normalized spacial score (nSPS) is 20.3. The maximum atomic E-state index is 12.0. The van der Waals surface area contributed by atoms with Crippen molar-refractivity contribution in [3.63, 3.8) is 0 Å². The van der Waals surface area contributed by atoms with Gasteiger partial charge in [-0.25, -0.2) is 0 Å². The minimum absolute atomic E-state index is 0.133. The fourth-order valence-corrected chi connectivity index (χ4v) is 2.85. The molecule has 0 aliphatic heterocycles. The highest BCUT2D eigenvalue weighted by Crippen LogP contribution is 2.28. The second-order valence-electron chi connectivity index (χ2n) is 5.62. The molecule has 0 bridgehead atoms. The summed E-state index contributed by atoms with van der Waals surface area (Å²) in [5.41, 5.74) is 2.81. The molecule has 3 nitrogen and oxygen atoms in total. The van der Waals surface area contributed by atoms with Crippen LogP contribution < -0.4 is 5.32 Å². The minimum atomic E-state index is -0.133. The molecular weight excluding hydrogens is 236 g/mol. The molecule has 0 fully saturated rings. The monoisotopic (exact) mass is 260 g/mol. The largest absolute Gasteiger partial charge is 0.347 e. The van der Waals surface area contributed by atoms with Crippen molar-refractivity contribution in [2.45, 2.75) is 44.7 Å². The summed E-state index contributed by atoms with van der Waals surface area (Å²) < 4.78 is 0. The van der Waals surface area contributed by atoms with Crippen LogP contribution in [0.4, 0.5) is 0 Å². The van der Waals surface area contributed by atoms with Crippen molar-refractivity contribution in [2.75, 3.05) is 14.1 Å². The topological polar surface area (TPSA) is 32.3 Å². The van der Waals surface area contributed by atoms with Crippen molar-refractivity contribution in [1.29, 1.82) is 0 Å². The number of nitrogens with one attached hydrogen (secondary N) is 1. The summed E-state index contributed by atoms with van der Waals surface area (Å²) in [7, 11) is 3.61. The number of fused-ring (bicyclic) bond motifs is 1. The van der Waals surface area contributed by atoms with E-state index in [1.807, 2.05) is 21.0 Å². The molecule has 2 atom stereocenters. The molecule has 1 amide bonds. The molecule has 0 aromatic heterocycles. The van der Waals surface area contributed by atoms with Crippen molar-refractivity contribution in [1.82, 2.24) is 10.2 Å². The Balaban J connectivity index is 2.14. The van der Waals surface area contributed by atoms with Gasteiger partial charge in [0.15, 0.2) is 0 Å². The highest BCUT2D eigenvalue weighted by Gasteiger charge is 2.23. The maximum absolute atomic E-state index is 12.0. The quantitative estimate of drug-likeness (QED) is 0.847. The van der Waals surface area contributed by atoms with Gasteiger partial charge in [-0.3, -0.25) is 10.1 Å². The van der Waals surface area contributed by atoms with Gasteiger partial charge in [-0.05, 0) is 37.3 Å². The van der Waals surface area contributed by atoms with Crippen molar-refractivity contribution in [2.24, 2.45) is 0 Å². The summed E-state index contributed by atoms with van der Waals surface area (Å²) in [5, 5.41) is 3.50. The molecule has 2 unspecified atom stereocenters. The average Bonchev–Trinajstić information content (AvgIpc) is 2.60. The lowest BCUT2D eigenvalue weighted by molar-refractivity contribution is -0.130. The first-order valence-electron chi connectivity index (χ1n) is 7.14. The molecule has 0 radical (unpaired) electrons. The maximum Gasteiger partial charge on any atom is 0.238 e. The van der Waals surface area contributed by atoms with Gasteiger partial charge in [0.25, 0.3) is 0 Å². The van der Waals surface area contributed by atoms with Crippen LogP contribution >= 0.6 is 0 Å². The Morgan fingerprint density at radius 2 is 2.05 bits per heavy atom. The lowest BCUT2D eigenvalue weighted by atomic mass is 9.98. The van der Waals surface area contributed by atoms with Crippen LogP contribution in [-0.4, -0.2) is 30.9 Å². The lowest BCUT2D eigenvalue weighted by Gasteiger charge is -2.25. The molecule has 0 saturated carbocycles. The highest BCUT2D eigenvalue weighted by atomic mass is 16.2. The fraction of sp³-hybridized carbons (Fsp3) is 0.562. The zero-order chi connectivity index (χ0) is 13.8. The van der Waals surface area contributed by atoms with Gasteiger partial charge >= 0.3 is 0 Å². The number of rotatable bonds is 3. The van der Waals surface area contributed by atoms with Crippen molar-refractivity contribution in [3.05, 3.63) is 35.4 Å². The Morgan fingerprint density at radius 3 is 2.79 bits per heavy atom. The Hall–Kier alpha value is -1.35. The van der Waals surface area contributed by atoms with Crippen LogP contribution in [0.15, 0.2) is 24.3 Å². The van der Waals surface area contributed by atoms with E-state index in [-0.39, 0.29) is 11.9 Å². The predicted molar refractivity (Wildman–Crippen MR) is 78.0 cm³/mol.